The first-order valence-electron chi connectivity index (χ1n) is 5.96. The largest absolute Gasteiger partial charge is 0.504 e. The van der Waals surface area contributed by atoms with E-state index in [-0.39, 0.29) is 35.6 Å². The highest BCUT2D eigenvalue weighted by molar-refractivity contribution is 5.98. The van der Waals surface area contributed by atoms with Crippen molar-refractivity contribution in [3.8, 4) is 11.5 Å². The Balaban J connectivity index is 2.26. The minimum atomic E-state index is -0.261. The van der Waals surface area contributed by atoms with Crippen LogP contribution in [-0.4, -0.2) is 47.3 Å². The highest BCUT2D eigenvalue weighted by Gasteiger charge is 2.33. The molecule has 0 saturated heterocycles. The lowest BCUT2D eigenvalue weighted by molar-refractivity contribution is 0.0704. The highest BCUT2D eigenvalue weighted by atomic mass is 16.5. The Kier molecular flexibility index (Phi) is 3.72. The van der Waals surface area contributed by atoms with Gasteiger partial charge in [0.05, 0.1) is 19.3 Å². The Bertz CT molecular complexity index is 443. The first-order chi connectivity index (χ1) is 8.69. The van der Waals surface area contributed by atoms with Gasteiger partial charge in [-0.1, -0.05) is 6.07 Å². The van der Waals surface area contributed by atoms with E-state index in [1.807, 2.05) is 0 Å². The normalized spacial score (nSPS) is 14.3. The zero-order valence-electron chi connectivity index (χ0n) is 10.3. The van der Waals surface area contributed by atoms with Crippen molar-refractivity contribution < 1.29 is 19.7 Å². The van der Waals surface area contributed by atoms with Gasteiger partial charge >= 0.3 is 0 Å². The molecule has 0 spiro atoms. The van der Waals surface area contributed by atoms with Crippen LogP contribution in [0.25, 0.3) is 0 Å². The number of carbonyl (C=O) groups excluding carboxylic acids is 1. The summed E-state index contributed by atoms with van der Waals surface area (Å²) in [6.45, 7) is 0.215. The van der Waals surface area contributed by atoms with Crippen LogP contribution >= 0.6 is 0 Å². The Morgan fingerprint density at radius 2 is 2.22 bits per heavy atom. The molecule has 1 fully saturated rings. The molecule has 1 amide bonds. The highest BCUT2D eigenvalue weighted by Crippen LogP contribution is 2.33. The molecule has 2 rings (SSSR count). The topological polar surface area (TPSA) is 70.0 Å². The second-order valence-corrected chi connectivity index (χ2v) is 4.31. The third-order valence-electron chi connectivity index (χ3n) is 3.04. The number of amides is 1. The number of para-hydroxylation sites is 1. The molecule has 5 nitrogen and oxygen atoms in total. The van der Waals surface area contributed by atoms with Gasteiger partial charge in [-0.25, -0.2) is 0 Å². The van der Waals surface area contributed by atoms with E-state index >= 15 is 0 Å². The number of rotatable bonds is 5. The van der Waals surface area contributed by atoms with E-state index in [2.05, 4.69) is 0 Å². The van der Waals surface area contributed by atoms with Gasteiger partial charge in [0.25, 0.3) is 5.91 Å². The molecule has 2 N–H and O–H groups in total. The SMILES string of the molecule is COc1cccc(C(=O)N(CCO)C2CC2)c1O. The monoisotopic (exact) mass is 251 g/mol. The van der Waals surface area contributed by atoms with Crippen LogP contribution < -0.4 is 4.74 Å². The quantitative estimate of drug-likeness (QED) is 0.819. The number of hydrogen-bond donors (Lipinski definition) is 2. The smallest absolute Gasteiger partial charge is 0.258 e. The van der Waals surface area contributed by atoms with Crippen LogP contribution in [-0.2, 0) is 0 Å². The molecule has 18 heavy (non-hydrogen) atoms. The number of aliphatic hydroxyl groups excluding tert-OH is 1. The Morgan fingerprint density at radius 1 is 1.50 bits per heavy atom. The molecular formula is C13H17NO4. The molecule has 0 heterocycles. The minimum absolute atomic E-state index is 0.0764. The minimum Gasteiger partial charge on any atom is -0.504 e. The fourth-order valence-electron chi connectivity index (χ4n) is 1.96. The molecule has 1 saturated carbocycles. The van der Waals surface area contributed by atoms with Crippen LogP contribution in [0.1, 0.15) is 23.2 Å². The van der Waals surface area contributed by atoms with Crippen molar-refractivity contribution in [2.75, 3.05) is 20.3 Å². The molecule has 1 aliphatic carbocycles. The first kappa shape index (κ1) is 12.7. The van der Waals surface area contributed by atoms with E-state index in [0.29, 0.717) is 6.54 Å². The number of carbonyl (C=O) groups is 1. The van der Waals surface area contributed by atoms with E-state index in [4.69, 9.17) is 9.84 Å². The van der Waals surface area contributed by atoms with Gasteiger partial charge in [-0.05, 0) is 25.0 Å². The van der Waals surface area contributed by atoms with Crippen LogP contribution in [0.5, 0.6) is 11.5 Å². The van der Waals surface area contributed by atoms with Crippen molar-refractivity contribution in [2.45, 2.75) is 18.9 Å². The second-order valence-electron chi connectivity index (χ2n) is 4.31. The molecule has 0 radical (unpaired) electrons. The van der Waals surface area contributed by atoms with Crippen LogP contribution in [0.3, 0.4) is 0 Å². The third kappa shape index (κ3) is 2.41. The number of benzene rings is 1. The van der Waals surface area contributed by atoms with Gasteiger partial charge in [-0.3, -0.25) is 4.79 Å². The lowest BCUT2D eigenvalue weighted by Crippen LogP contribution is -2.35. The lowest BCUT2D eigenvalue weighted by atomic mass is 10.1. The van der Waals surface area contributed by atoms with Crippen LogP contribution in [0.4, 0.5) is 0 Å². The predicted molar refractivity (Wildman–Crippen MR) is 65.8 cm³/mol. The average molecular weight is 251 g/mol. The molecule has 0 unspecified atom stereocenters. The standard InChI is InChI=1S/C13H17NO4/c1-18-11-4-2-3-10(12(11)16)13(17)14(7-8-15)9-5-6-9/h2-4,9,15-16H,5-8H2,1H3. The summed E-state index contributed by atoms with van der Waals surface area (Å²) in [6.07, 6.45) is 1.91. The van der Waals surface area contributed by atoms with Crippen molar-refractivity contribution in [1.29, 1.82) is 0 Å². The maximum absolute atomic E-state index is 12.3. The fraction of sp³-hybridized carbons (Fsp3) is 0.462. The van der Waals surface area contributed by atoms with Gasteiger partial charge in [0.15, 0.2) is 11.5 Å². The molecular weight excluding hydrogens is 234 g/mol. The second kappa shape index (κ2) is 5.27. The number of phenolic OH excluding ortho intramolecular Hbond substituents is 1. The van der Waals surface area contributed by atoms with E-state index in [0.717, 1.165) is 12.8 Å². The van der Waals surface area contributed by atoms with Gasteiger partial charge in [-0.2, -0.15) is 0 Å². The summed E-state index contributed by atoms with van der Waals surface area (Å²) in [4.78, 5) is 13.9. The predicted octanol–water partition coefficient (Wildman–Crippen LogP) is 0.998. The van der Waals surface area contributed by atoms with Crippen LogP contribution in [0.15, 0.2) is 18.2 Å². The van der Waals surface area contributed by atoms with Crippen molar-refractivity contribution in [3.63, 3.8) is 0 Å². The number of methoxy groups -OCH3 is 1. The van der Waals surface area contributed by atoms with Crippen molar-refractivity contribution in [3.05, 3.63) is 23.8 Å². The lowest BCUT2D eigenvalue weighted by Gasteiger charge is -2.22. The number of ether oxygens (including phenoxy) is 1. The fourth-order valence-corrected chi connectivity index (χ4v) is 1.96. The van der Waals surface area contributed by atoms with Gasteiger partial charge in [0, 0.05) is 12.6 Å². The summed E-state index contributed by atoms with van der Waals surface area (Å²) in [7, 11) is 1.44. The molecule has 0 bridgehead atoms. The zero-order chi connectivity index (χ0) is 13.1. The molecule has 0 atom stereocenters. The molecule has 98 valence electrons. The maximum Gasteiger partial charge on any atom is 0.258 e. The number of aromatic hydroxyl groups is 1. The van der Waals surface area contributed by atoms with Crippen molar-refractivity contribution in [2.24, 2.45) is 0 Å². The van der Waals surface area contributed by atoms with Gasteiger partial charge in [0.2, 0.25) is 0 Å². The number of phenols is 1. The summed E-state index contributed by atoms with van der Waals surface area (Å²) < 4.78 is 4.98. The number of hydrogen-bond acceptors (Lipinski definition) is 4. The van der Waals surface area contributed by atoms with E-state index in [1.54, 1.807) is 23.1 Å². The molecule has 5 heteroatoms. The number of aliphatic hydroxyl groups is 1. The Hall–Kier alpha value is -1.75. The summed E-state index contributed by atoms with van der Waals surface area (Å²) in [5.74, 6) is -0.128. The van der Waals surface area contributed by atoms with E-state index in [1.165, 1.54) is 7.11 Å². The first-order valence-corrected chi connectivity index (χ1v) is 5.96. The summed E-state index contributed by atoms with van der Waals surface area (Å²) >= 11 is 0. The average Bonchev–Trinajstić information content (AvgIpc) is 3.20. The molecule has 0 aromatic heterocycles. The van der Waals surface area contributed by atoms with Gasteiger partial charge < -0.3 is 19.8 Å². The molecule has 1 aromatic rings. The number of nitrogens with zero attached hydrogens (tertiary/aromatic N) is 1. The molecule has 0 aliphatic heterocycles. The maximum atomic E-state index is 12.3. The third-order valence-corrected chi connectivity index (χ3v) is 3.04. The molecule has 1 aliphatic rings. The van der Waals surface area contributed by atoms with Crippen molar-refractivity contribution >= 4 is 5.91 Å². The van der Waals surface area contributed by atoms with E-state index in [9.17, 15) is 9.90 Å². The van der Waals surface area contributed by atoms with Crippen LogP contribution in [0.2, 0.25) is 0 Å². The Labute approximate surface area is 106 Å². The van der Waals surface area contributed by atoms with Crippen molar-refractivity contribution in [1.82, 2.24) is 4.90 Å². The Morgan fingerprint density at radius 3 is 2.78 bits per heavy atom. The van der Waals surface area contributed by atoms with Gasteiger partial charge in [-0.15, -0.1) is 0 Å². The van der Waals surface area contributed by atoms with Crippen LogP contribution in [0, 0.1) is 0 Å². The zero-order valence-corrected chi connectivity index (χ0v) is 10.3. The molecule has 1 aromatic carbocycles. The summed E-state index contributed by atoms with van der Waals surface area (Å²) in [5, 5.41) is 18.9. The van der Waals surface area contributed by atoms with Gasteiger partial charge in [0.1, 0.15) is 0 Å². The summed E-state index contributed by atoms with van der Waals surface area (Å²) in [6, 6.07) is 5.01. The summed E-state index contributed by atoms with van der Waals surface area (Å²) in [5.41, 5.74) is 0.217. The van der Waals surface area contributed by atoms with E-state index < -0.39 is 0 Å².